The molecule has 0 aliphatic rings. The Bertz CT molecular complexity index is 278. The summed E-state index contributed by atoms with van der Waals surface area (Å²) in [6.07, 6.45) is -0.0786. The molecule has 0 saturated heterocycles. The number of carbonyl (C=O) groups is 1. The quantitative estimate of drug-likeness (QED) is 0.384. The van der Waals surface area contributed by atoms with Crippen molar-refractivity contribution in [1.29, 1.82) is 0 Å². The second-order valence-corrected chi connectivity index (χ2v) is 1.61. The number of anilines is 1. The van der Waals surface area contributed by atoms with Crippen LogP contribution in [0.4, 0.5) is 14.5 Å². The molecule has 0 saturated carbocycles. The zero-order valence-corrected chi connectivity index (χ0v) is 5.21. The number of nitrogens with zero attached hydrogens (tertiary/aromatic N) is 2. The highest BCUT2D eigenvalue weighted by molar-refractivity contribution is 5.70. The summed E-state index contributed by atoms with van der Waals surface area (Å²) in [7, 11) is 0. The molecule has 4 nitrogen and oxygen atoms in total. The third kappa shape index (κ3) is 1.66. The van der Waals surface area contributed by atoms with Gasteiger partial charge in [0.2, 0.25) is 12.4 Å². The summed E-state index contributed by atoms with van der Waals surface area (Å²) in [6, 6.07) is 0. The Morgan fingerprint density at radius 3 is 2.82 bits per heavy atom. The lowest BCUT2D eigenvalue weighted by molar-refractivity contribution is -0.105. The molecule has 1 amide bonds. The molecule has 1 heterocycles. The van der Waals surface area contributed by atoms with Crippen LogP contribution in [0.1, 0.15) is 0 Å². The number of aromatic nitrogens is 2. The first-order chi connectivity index (χ1) is 5.24. The van der Waals surface area contributed by atoms with Gasteiger partial charge in [-0.2, -0.15) is 13.8 Å². The molecule has 0 unspecified atom stereocenters. The Morgan fingerprint density at radius 2 is 2.27 bits per heavy atom. The molecule has 0 fully saturated rings. The number of halogens is 2. The van der Waals surface area contributed by atoms with Crippen LogP contribution in [0.5, 0.6) is 0 Å². The molecule has 0 atom stereocenters. The van der Waals surface area contributed by atoms with Gasteiger partial charge in [-0.15, -0.1) is 0 Å². The standard InChI is InChI=1S/C5H3F2N3O/c6-4-3(9-2-11)1-8-5(7)10-4/h1-2H,(H,9,11). The summed E-state index contributed by atoms with van der Waals surface area (Å²) < 4.78 is 24.4. The van der Waals surface area contributed by atoms with E-state index in [0.29, 0.717) is 0 Å². The molecule has 1 N–H and O–H groups in total. The van der Waals surface area contributed by atoms with E-state index in [0.717, 1.165) is 6.20 Å². The summed E-state index contributed by atoms with van der Waals surface area (Å²) in [5, 5.41) is 1.96. The van der Waals surface area contributed by atoms with Gasteiger partial charge in [-0.3, -0.25) is 4.79 Å². The molecule has 0 aliphatic carbocycles. The van der Waals surface area contributed by atoms with Crippen molar-refractivity contribution < 1.29 is 13.6 Å². The second kappa shape index (κ2) is 3.00. The smallest absolute Gasteiger partial charge is 0.311 e. The predicted octanol–water partition coefficient (Wildman–Crippen LogP) is 0.323. The topological polar surface area (TPSA) is 54.9 Å². The van der Waals surface area contributed by atoms with Crippen molar-refractivity contribution in [3.8, 4) is 0 Å². The highest BCUT2D eigenvalue weighted by Crippen LogP contribution is 2.07. The first-order valence-corrected chi connectivity index (χ1v) is 2.62. The Labute approximate surface area is 60.3 Å². The lowest BCUT2D eigenvalue weighted by Gasteiger charge is -1.96. The van der Waals surface area contributed by atoms with Gasteiger partial charge in [0.1, 0.15) is 5.69 Å². The van der Waals surface area contributed by atoms with Crippen LogP contribution in [0.15, 0.2) is 6.20 Å². The van der Waals surface area contributed by atoms with E-state index in [1.165, 1.54) is 0 Å². The normalized spacial score (nSPS) is 9.27. The second-order valence-electron chi connectivity index (χ2n) is 1.61. The fourth-order valence-electron chi connectivity index (χ4n) is 0.501. The molecule has 1 aromatic rings. The predicted molar refractivity (Wildman–Crippen MR) is 31.6 cm³/mol. The van der Waals surface area contributed by atoms with E-state index in [2.05, 4.69) is 9.97 Å². The van der Waals surface area contributed by atoms with Crippen LogP contribution in [0.25, 0.3) is 0 Å². The largest absolute Gasteiger partial charge is 0.324 e. The highest BCUT2D eigenvalue weighted by Gasteiger charge is 2.03. The van der Waals surface area contributed by atoms with Crippen molar-refractivity contribution in [3.63, 3.8) is 0 Å². The number of carbonyl (C=O) groups excluding carboxylic acids is 1. The van der Waals surface area contributed by atoms with E-state index in [9.17, 15) is 13.6 Å². The molecule has 1 aromatic heterocycles. The van der Waals surface area contributed by atoms with Gasteiger partial charge in [0, 0.05) is 0 Å². The summed E-state index contributed by atoms with van der Waals surface area (Å²) in [5.41, 5.74) is -0.249. The maximum atomic E-state index is 12.4. The first-order valence-electron chi connectivity index (χ1n) is 2.62. The Hall–Kier alpha value is -1.59. The molecular weight excluding hydrogens is 156 g/mol. The van der Waals surface area contributed by atoms with E-state index in [1.807, 2.05) is 5.32 Å². The van der Waals surface area contributed by atoms with Gasteiger partial charge in [-0.25, -0.2) is 4.98 Å². The number of hydrogen-bond acceptors (Lipinski definition) is 3. The molecule has 6 heteroatoms. The highest BCUT2D eigenvalue weighted by atomic mass is 19.1. The number of hydrogen-bond donors (Lipinski definition) is 1. The summed E-state index contributed by atoms with van der Waals surface area (Å²) >= 11 is 0. The van der Waals surface area contributed by atoms with E-state index < -0.39 is 12.0 Å². The minimum Gasteiger partial charge on any atom is -0.324 e. The molecule has 1 rings (SSSR count). The van der Waals surface area contributed by atoms with E-state index in [4.69, 9.17) is 0 Å². The third-order valence-electron chi connectivity index (χ3n) is 0.927. The van der Waals surface area contributed by atoms with Gasteiger partial charge in [0.15, 0.2) is 0 Å². The monoisotopic (exact) mass is 159 g/mol. The van der Waals surface area contributed by atoms with Crippen LogP contribution >= 0.6 is 0 Å². The van der Waals surface area contributed by atoms with Crippen molar-refractivity contribution in [3.05, 3.63) is 18.2 Å². The molecule has 0 spiro atoms. The summed E-state index contributed by atoms with van der Waals surface area (Å²) in [5.74, 6) is -1.09. The first kappa shape index (κ1) is 7.52. The van der Waals surface area contributed by atoms with Crippen molar-refractivity contribution in [1.82, 2.24) is 9.97 Å². The Balaban J connectivity index is 2.98. The fraction of sp³-hybridized carbons (Fsp3) is 0. The van der Waals surface area contributed by atoms with E-state index in [1.54, 1.807) is 0 Å². The fourth-order valence-corrected chi connectivity index (χ4v) is 0.501. The molecule has 0 radical (unpaired) electrons. The molecule has 0 aromatic carbocycles. The average Bonchev–Trinajstić information content (AvgIpc) is 1.95. The van der Waals surface area contributed by atoms with Crippen LogP contribution in [-0.2, 0) is 4.79 Å². The maximum Gasteiger partial charge on any atom is 0.311 e. The van der Waals surface area contributed by atoms with Gasteiger partial charge in [0.25, 0.3) is 0 Å². The van der Waals surface area contributed by atoms with Gasteiger partial charge < -0.3 is 5.32 Å². The van der Waals surface area contributed by atoms with Gasteiger partial charge in [-0.05, 0) is 0 Å². The van der Waals surface area contributed by atoms with Crippen LogP contribution < -0.4 is 5.32 Å². The minimum absolute atomic E-state index is 0.249. The van der Waals surface area contributed by atoms with Gasteiger partial charge in [0.05, 0.1) is 6.20 Å². The van der Waals surface area contributed by atoms with Crippen molar-refractivity contribution in [2.24, 2.45) is 0 Å². The van der Waals surface area contributed by atoms with Crippen LogP contribution in [-0.4, -0.2) is 16.4 Å². The van der Waals surface area contributed by atoms with Crippen molar-refractivity contribution >= 4 is 12.1 Å². The molecule has 58 valence electrons. The van der Waals surface area contributed by atoms with Gasteiger partial charge in [-0.1, -0.05) is 0 Å². The summed E-state index contributed by atoms with van der Waals surface area (Å²) in [6.45, 7) is 0. The summed E-state index contributed by atoms with van der Waals surface area (Å²) in [4.78, 5) is 15.5. The van der Waals surface area contributed by atoms with Crippen molar-refractivity contribution in [2.75, 3.05) is 5.32 Å². The molecule has 0 aliphatic heterocycles. The van der Waals surface area contributed by atoms with Crippen LogP contribution in [0.2, 0.25) is 0 Å². The van der Waals surface area contributed by atoms with Gasteiger partial charge >= 0.3 is 6.08 Å². The average molecular weight is 159 g/mol. The van der Waals surface area contributed by atoms with Crippen LogP contribution in [0.3, 0.4) is 0 Å². The lowest BCUT2D eigenvalue weighted by Crippen LogP contribution is -2.02. The number of nitrogens with one attached hydrogen (secondary N) is 1. The Kier molecular flexibility index (Phi) is 2.05. The van der Waals surface area contributed by atoms with E-state index in [-0.39, 0.29) is 12.1 Å². The SMILES string of the molecule is O=CNc1cnc(F)nc1F. The number of amides is 1. The maximum absolute atomic E-state index is 12.4. The third-order valence-corrected chi connectivity index (χ3v) is 0.927. The molecular formula is C5H3F2N3O. The molecule has 0 bridgehead atoms. The van der Waals surface area contributed by atoms with E-state index >= 15 is 0 Å². The lowest BCUT2D eigenvalue weighted by atomic mass is 10.5. The zero-order chi connectivity index (χ0) is 8.27. The van der Waals surface area contributed by atoms with Crippen molar-refractivity contribution in [2.45, 2.75) is 0 Å². The Morgan fingerprint density at radius 1 is 1.55 bits per heavy atom. The number of rotatable bonds is 2. The minimum atomic E-state index is -1.17. The molecule has 11 heavy (non-hydrogen) atoms. The zero-order valence-electron chi connectivity index (χ0n) is 5.21. The van der Waals surface area contributed by atoms with Crippen LogP contribution in [0, 0.1) is 12.0 Å².